The topological polar surface area (TPSA) is 42.2 Å². The van der Waals surface area contributed by atoms with Crippen LogP contribution in [-0.4, -0.2) is 14.4 Å². The summed E-state index contributed by atoms with van der Waals surface area (Å²) in [6.07, 6.45) is 0. The van der Waals surface area contributed by atoms with Crippen LogP contribution in [0.3, 0.4) is 0 Å². The van der Waals surface area contributed by atoms with E-state index in [4.69, 9.17) is 4.98 Å². The van der Waals surface area contributed by atoms with Crippen molar-refractivity contribution >= 4 is 17.3 Å². The van der Waals surface area contributed by atoms with Crippen molar-refractivity contribution < 1.29 is 4.39 Å². The van der Waals surface area contributed by atoms with Crippen molar-refractivity contribution in [1.82, 2.24) is 14.4 Å². The molecule has 2 aromatic heterocycles. The fraction of sp³-hybridized carbons (Fsp3) is 0.182. The summed E-state index contributed by atoms with van der Waals surface area (Å²) in [5.74, 6) is 1.10. The highest BCUT2D eigenvalue weighted by Crippen LogP contribution is 2.34. The fourth-order valence-electron chi connectivity index (χ4n) is 3.46. The van der Waals surface area contributed by atoms with Crippen LogP contribution in [0.5, 0.6) is 0 Å². The molecule has 0 atom stereocenters. The molecule has 0 bridgehead atoms. The summed E-state index contributed by atoms with van der Waals surface area (Å²) >= 11 is 0. The second-order valence-electron chi connectivity index (χ2n) is 6.89. The van der Waals surface area contributed by atoms with Gasteiger partial charge in [0.1, 0.15) is 17.3 Å². The minimum absolute atomic E-state index is 0.288. The van der Waals surface area contributed by atoms with Gasteiger partial charge in [-0.3, -0.25) is 4.40 Å². The van der Waals surface area contributed by atoms with Gasteiger partial charge in [0.25, 0.3) is 0 Å². The lowest BCUT2D eigenvalue weighted by molar-refractivity contribution is 0.628. The maximum Gasteiger partial charge on any atom is 0.236 e. The number of fused-ring (bicyclic) bond motifs is 1. The molecular formula is C22H21FN4. The largest absolute Gasteiger partial charge is 0.339 e. The molecule has 4 nitrogen and oxygen atoms in total. The van der Waals surface area contributed by atoms with Crippen LogP contribution in [0.25, 0.3) is 17.0 Å². The first-order valence-corrected chi connectivity index (χ1v) is 8.90. The van der Waals surface area contributed by atoms with Crippen LogP contribution in [-0.2, 0) is 0 Å². The number of hydrogen-bond donors (Lipinski definition) is 1. The highest BCUT2D eigenvalue weighted by molar-refractivity contribution is 5.80. The molecule has 0 saturated carbocycles. The number of para-hydroxylation sites is 1. The summed E-state index contributed by atoms with van der Waals surface area (Å²) in [6.45, 7) is 8.10. The fourth-order valence-corrected chi connectivity index (χ4v) is 3.46. The van der Waals surface area contributed by atoms with E-state index in [1.165, 1.54) is 12.1 Å². The van der Waals surface area contributed by atoms with E-state index in [1.807, 2.05) is 36.4 Å². The van der Waals surface area contributed by atoms with Crippen LogP contribution in [0.15, 0.2) is 48.5 Å². The lowest BCUT2D eigenvalue weighted by Crippen LogP contribution is -2.03. The van der Waals surface area contributed by atoms with Gasteiger partial charge < -0.3 is 5.32 Å². The Morgan fingerprint density at radius 1 is 0.889 bits per heavy atom. The molecule has 4 aromatic rings. The van der Waals surface area contributed by atoms with E-state index in [0.29, 0.717) is 17.0 Å². The average Bonchev–Trinajstić information content (AvgIpc) is 2.96. The lowest BCUT2D eigenvalue weighted by Gasteiger charge is -2.15. The minimum atomic E-state index is -0.288. The molecule has 0 aliphatic heterocycles. The number of aryl methyl sites for hydroxylation is 4. The predicted octanol–water partition coefficient (Wildman–Crippen LogP) is 5.51. The van der Waals surface area contributed by atoms with Crippen LogP contribution < -0.4 is 5.32 Å². The molecule has 0 aliphatic carbocycles. The Bertz CT molecular complexity index is 1140. The zero-order valence-electron chi connectivity index (χ0n) is 15.8. The Morgan fingerprint density at radius 2 is 1.59 bits per heavy atom. The number of rotatable bonds is 3. The molecular weight excluding hydrogens is 339 g/mol. The van der Waals surface area contributed by atoms with E-state index in [2.05, 4.69) is 36.3 Å². The van der Waals surface area contributed by atoms with E-state index in [-0.39, 0.29) is 5.82 Å². The van der Waals surface area contributed by atoms with E-state index < -0.39 is 0 Å². The standard InChI is InChI=1S/C22H21FN4/c1-13-7-5-8-14(2)19(13)25-21-20(17-9-6-10-18(23)12-17)26-22-24-15(3)11-16(4)27(21)22/h5-12,25H,1-4H3. The Balaban J connectivity index is 2.00. The monoisotopic (exact) mass is 360 g/mol. The van der Waals surface area contributed by atoms with Gasteiger partial charge in [-0.1, -0.05) is 30.3 Å². The predicted molar refractivity (Wildman–Crippen MR) is 107 cm³/mol. The number of anilines is 2. The molecule has 27 heavy (non-hydrogen) atoms. The molecule has 2 heterocycles. The van der Waals surface area contributed by atoms with Crippen LogP contribution in [0.4, 0.5) is 15.9 Å². The zero-order valence-corrected chi connectivity index (χ0v) is 15.8. The number of imidazole rings is 1. The average molecular weight is 360 g/mol. The molecule has 5 heteroatoms. The third-order valence-electron chi connectivity index (χ3n) is 4.73. The van der Waals surface area contributed by atoms with Gasteiger partial charge in [-0.2, -0.15) is 0 Å². The summed E-state index contributed by atoms with van der Waals surface area (Å²) in [4.78, 5) is 9.29. The van der Waals surface area contributed by atoms with Gasteiger partial charge in [0, 0.05) is 22.6 Å². The van der Waals surface area contributed by atoms with E-state index in [0.717, 1.165) is 34.0 Å². The highest BCUT2D eigenvalue weighted by atomic mass is 19.1. The summed E-state index contributed by atoms with van der Waals surface area (Å²) in [6, 6.07) is 14.7. The second-order valence-corrected chi connectivity index (χ2v) is 6.89. The molecule has 2 aromatic carbocycles. The lowest BCUT2D eigenvalue weighted by atomic mass is 10.1. The number of hydrogen-bond acceptors (Lipinski definition) is 3. The van der Waals surface area contributed by atoms with Gasteiger partial charge in [-0.15, -0.1) is 0 Å². The van der Waals surface area contributed by atoms with Gasteiger partial charge in [0.05, 0.1) is 0 Å². The Kier molecular flexibility index (Phi) is 4.15. The van der Waals surface area contributed by atoms with E-state index >= 15 is 0 Å². The molecule has 4 rings (SSSR count). The van der Waals surface area contributed by atoms with Crippen molar-refractivity contribution in [3.05, 3.63) is 76.9 Å². The van der Waals surface area contributed by atoms with Gasteiger partial charge in [-0.25, -0.2) is 14.4 Å². The first-order chi connectivity index (χ1) is 12.9. The Labute approximate surface area is 157 Å². The van der Waals surface area contributed by atoms with Crippen molar-refractivity contribution in [2.45, 2.75) is 27.7 Å². The van der Waals surface area contributed by atoms with Gasteiger partial charge in [-0.05, 0) is 57.0 Å². The molecule has 0 spiro atoms. The smallest absolute Gasteiger partial charge is 0.236 e. The molecule has 136 valence electrons. The molecule has 0 unspecified atom stereocenters. The molecule has 0 saturated heterocycles. The van der Waals surface area contributed by atoms with Crippen molar-refractivity contribution in [1.29, 1.82) is 0 Å². The summed E-state index contributed by atoms with van der Waals surface area (Å²) in [7, 11) is 0. The number of nitrogens with zero attached hydrogens (tertiary/aromatic N) is 3. The second kappa shape index (κ2) is 6.50. The maximum absolute atomic E-state index is 13.9. The summed E-state index contributed by atoms with van der Waals surface area (Å²) in [5, 5.41) is 3.55. The minimum Gasteiger partial charge on any atom is -0.339 e. The van der Waals surface area contributed by atoms with E-state index in [1.54, 1.807) is 6.07 Å². The quantitative estimate of drug-likeness (QED) is 0.524. The first kappa shape index (κ1) is 17.2. The van der Waals surface area contributed by atoms with Gasteiger partial charge in [0.15, 0.2) is 0 Å². The Hall–Kier alpha value is -3.21. The maximum atomic E-state index is 13.9. The number of aromatic nitrogens is 3. The number of nitrogens with one attached hydrogen (secondary N) is 1. The Morgan fingerprint density at radius 3 is 2.30 bits per heavy atom. The van der Waals surface area contributed by atoms with Crippen LogP contribution >= 0.6 is 0 Å². The van der Waals surface area contributed by atoms with Crippen LogP contribution in [0.2, 0.25) is 0 Å². The number of halogens is 1. The van der Waals surface area contributed by atoms with Crippen molar-refractivity contribution in [2.24, 2.45) is 0 Å². The third-order valence-corrected chi connectivity index (χ3v) is 4.73. The van der Waals surface area contributed by atoms with Crippen molar-refractivity contribution in [2.75, 3.05) is 5.32 Å². The first-order valence-electron chi connectivity index (χ1n) is 8.90. The molecule has 1 N–H and O–H groups in total. The SMILES string of the molecule is Cc1cc(C)n2c(Nc3c(C)cccc3C)c(-c3cccc(F)c3)nc2n1. The van der Waals surface area contributed by atoms with Crippen LogP contribution in [0.1, 0.15) is 22.5 Å². The third kappa shape index (κ3) is 3.05. The molecule has 0 fully saturated rings. The summed E-state index contributed by atoms with van der Waals surface area (Å²) < 4.78 is 15.9. The normalized spacial score (nSPS) is 11.1. The molecule has 0 aliphatic rings. The van der Waals surface area contributed by atoms with Crippen molar-refractivity contribution in [3.63, 3.8) is 0 Å². The highest BCUT2D eigenvalue weighted by Gasteiger charge is 2.18. The zero-order chi connectivity index (χ0) is 19.1. The van der Waals surface area contributed by atoms with Gasteiger partial charge >= 0.3 is 0 Å². The van der Waals surface area contributed by atoms with Crippen LogP contribution in [0, 0.1) is 33.5 Å². The van der Waals surface area contributed by atoms with E-state index in [9.17, 15) is 4.39 Å². The summed E-state index contributed by atoms with van der Waals surface area (Å²) in [5.41, 5.74) is 6.60. The molecule has 0 amide bonds. The van der Waals surface area contributed by atoms with Gasteiger partial charge in [0.2, 0.25) is 5.78 Å². The van der Waals surface area contributed by atoms with Crippen molar-refractivity contribution in [3.8, 4) is 11.3 Å². The molecule has 0 radical (unpaired) electrons. The number of benzene rings is 2.